The fourth-order valence-corrected chi connectivity index (χ4v) is 3.77. The van der Waals surface area contributed by atoms with Gasteiger partial charge in [-0.3, -0.25) is 9.36 Å². The summed E-state index contributed by atoms with van der Waals surface area (Å²) in [6, 6.07) is 8.13. The molecule has 3 heterocycles. The maximum atomic E-state index is 15.7. The van der Waals surface area contributed by atoms with E-state index in [0.717, 1.165) is 0 Å². The van der Waals surface area contributed by atoms with Gasteiger partial charge >= 0.3 is 11.9 Å². The van der Waals surface area contributed by atoms with Crippen molar-refractivity contribution in [1.29, 1.82) is 0 Å². The van der Waals surface area contributed by atoms with Crippen LogP contribution in [0.1, 0.15) is 30.4 Å². The Bertz CT molecular complexity index is 1180. The topological polar surface area (TPSA) is 131 Å². The van der Waals surface area contributed by atoms with Gasteiger partial charge in [0, 0.05) is 6.92 Å². The van der Waals surface area contributed by atoms with Crippen LogP contribution in [0.25, 0.3) is 11.2 Å². The molecule has 32 heavy (non-hydrogen) atoms. The number of hydrogen-bond acceptors (Lipinski definition) is 9. The fourth-order valence-electron chi connectivity index (χ4n) is 3.55. The molecule has 1 aliphatic heterocycles. The SMILES string of the molecule is CC(=O)OC[C@H]1O[C@@H](n2cnc3c(Cl)nc(N)nc32)[C@](C)(OC(=O)c2ccccc2)[C@@H]1F. The molecular formula is C20H19ClFN5O5. The first-order valence-electron chi connectivity index (χ1n) is 9.57. The second-order valence-electron chi connectivity index (χ2n) is 7.37. The Morgan fingerprint density at radius 2 is 2.03 bits per heavy atom. The number of halogens is 2. The highest BCUT2D eigenvalue weighted by molar-refractivity contribution is 6.33. The summed E-state index contributed by atoms with van der Waals surface area (Å²) in [5.41, 5.74) is 4.47. The maximum absolute atomic E-state index is 15.7. The van der Waals surface area contributed by atoms with Crippen LogP contribution in [-0.4, -0.2) is 55.9 Å². The number of carbonyl (C=O) groups excluding carboxylic acids is 2. The summed E-state index contributed by atoms with van der Waals surface area (Å²) in [6.07, 6.45) is -2.98. The normalized spacial score (nSPS) is 25.1. The van der Waals surface area contributed by atoms with Crippen LogP contribution in [0.4, 0.5) is 10.3 Å². The fraction of sp³-hybridized carbons (Fsp3) is 0.350. The smallest absolute Gasteiger partial charge is 0.338 e. The lowest BCUT2D eigenvalue weighted by Gasteiger charge is -2.31. The molecule has 12 heteroatoms. The molecule has 0 radical (unpaired) electrons. The molecule has 4 rings (SSSR count). The van der Waals surface area contributed by atoms with Gasteiger partial charge in [-0.1, -0.05) is 29.8 Å². The highest BCUT2D eigenvalue weighted by Crippen LogP contribution is 2.44. The molecule has 2 N–H and O–H groups in total. The number of fused-ring (bicyclic) bond motifs is 1. The van der Waals surface area contributed by atoms with Crippen LogP contribution in [0.2, 0.25) is 5.15 Å². The molecule has 0 aliphatic carbocycles. The van der Waals surface area contributed by atoms with Crippen molar-refractivity contribution in [3.63, 3.8) is 0 Å². The molecule has 0 spiro atoms. The Morgan fingerprint density at radius 1 is 1.31 bits per heavy atom. The number of nitrogen functional groups attached to an aromatic ring is 1. The molecule has 0 unspecified atom stereocenters. The van der Waals surface area contributed by atoms with Crippen molar-refractivity contribution in [1.82, 2.24) is 19.5 Å². The molecular weight excluding hydrogens is 445 g/mol. The first kappa shape index (κ1) is 21.9. The summed E-state index contributed by atoms with van der Waals surface area (Å²) in [7, 11) is 0. The van der Waals surface area contributed by atoms with Crippen LogP contribution in [-0.2, 0) is 19.0 Å². The van der Waals surface area contributed by atoms with E-state index in [-0.39, 0.29) is 34.4 Å². The summed E-state index contributed by atoms with van der Waals surface area (Å²) in [4.78, 5) is 36.2. The van der Waals surface area contributed by atoms with E-state index < -0.39 is 36.0 Å². The standard InChI is InChI=1S/C20H19ClFN5O5/c1-10(28)30-8-12-14(22)20(2,32-17(29)11-6-4-3-5-7-11)18(31-12)27-9-24-13-15(21)25-19(23)26-16(13)27/h3-7,9,12,14,18H,8H2,1-2H3,(H2,23,25,26)/t12-,14-,18-,20-/m1/s1. The molecule has 0 bridgehead atoms. The number of rotatable bonds is 5. The first-order chi connectivity index (χ1) is 15.2. The minimum absolute atomic E-state index is 0.000455. The number of carbonyl (C=O) groups is 2. The molecule has 4 atom stereocenters. The third kappa shape index (κ3) is 3.84. The molecule has 3 aromatic rings. The van der Waals surface area contributed by atoms with Crippen molar-refractivity contribution >= 4 is 40.7 Å². The van der Waals surface area contributed by atoms with Crippen LogP contribution in [0.3, 0.4) is 0 Å². The van der Waals surface area contributed by atoms with E-state index in [1.54, 1.807) is 30.3 Å². The monoisotopic (exact) mass is 463 g/mol. The van der Waals surface area contributed by atoms with Crippen molar-refractivity contribution in [2.45, 2.75) is 38.0 Å². The lowest BCUT2D eigenvalue weighted by atomic mass is 9.97. The summed E-state index contributed by atoms with van der Waals surface area (Å²) >= 11 is 6.10. The van der Waals surface area contributed by atoms with Gasteiger partial charge in [0.25, 0.3) is 0 Å². The Balaban J connectivity index is 1.75. The largest absolute Gasteiger partial charge is 0.463 e. The third-order valence-corrected chi connectivity index (χ3v) is 5.35. The number of anilines is 1. The van der Waals surface area contributed by atoms with E-state index >= 15 is 4.39 Å². The van der Waals surface area contributed by atoms with E-state index in [1.165, 1.54) is 24.7 Å². The molecule has 2 aromatic heterocycles. The number of esters is 2. The van der Waals surface area contributed by atoms with Crippen molar-refractivity contribution in [2.24, 2.45) is 0 Å². The van der Waals surface area contributed by atoms with Gasteiger partial charge in [0.1, 0.15) is 18.2 Å². The lowest BCUT2D eigenvalue weighted by Crippen LogP contribution is -2.46. The van der Waals surface area contributed by atoms with E-state index in [2.05, 4.69) is 15.0 Å². The van der Waals surface area contributed by atoms with Crippen LogP contribution in [0.5, 0.6) is 0 Å². The number of nitrogens with zero attached hydrogens (tertiary/aromatic N) is 4. The molecule has 0 amide bonds. The van der Waals surface area contributed by atoms with Crippen molar-refractivity contribution in [3.05, 3.63) is 47.4 Å². The Kier molecular flexibility index (Phi) is 5.70. The van der Waals surface area contributed by atoms with Gasteiger partial charge in [-0.15, -0.1) is 0 Å². The lowest BCUT2D eigenvalue weighted by molar-refractivity contribution is -0.146. The number of hydrogen-bond donors (Lipinski definition) is 1. The first-order valence-corrected chi connectivity index (χ1v) is 9.95. The second kappa shape index (κ2) is 8.32. The Hall–Kier alpha value is -3.31. The van der Waals surface area contributed by atoms with Gasteiger partial charge in [-0.05, 0) is 19.1 Å². The average Bonchev–Trinajstić information content (AvgIpc) is 3.26. The number of benzene rings is 1. The van der Waals surface area contributed by atoms with Gasteiger partial charge < -0.3 is 19.9 Å². The maximum Gasteiger partial charge on any atom is 0.338 e. The molecule has 0 saturated carbocycles. The van der Waals surface area contributed by atoms with Crippen molar-refractivity contribution in [3.8, 4) is 0 Å². The summed E-state index contributed by atoms with van der Waals surface area (Å²) in [6.45, 7) is 2.20. The summed E-state index contributed by atoms with van der Waals surface area (Å²) < 4.78 is 33.4. The zero-order chi connectivity index (χ0) is 23.0. The molecule has 10 nitrogen and oxygen atoms in total. The zero-order valence-corrected chi connectivity index (χ0v) is 17.8. The Labute approximate surface area is 186 Å². The van der Waals surface area contributed by atoms with Crippen LogP contribution in [0, 0.1) is 0 Å². The molecule has 1 saturated heterocycles. The summed E-state index contributed by atoms with van der Waals surface area (Å²) in [5.74, 6) is -1.49. The van der Waals surface area contributed by atoms with E-state index in [0.29, 0.717) is 0 Å². The zero-order valence-electron chi connectivity index (χ0n) is 17.1. The van der Waals surface area contributed by atoms with Crippen LogP contribution >= 0.6 is 11.6 Å². The minimum atomic E-state index is -1.85. The van der Waals surface area contributed by atoms with E-state index in [9.17, 15) is 9.59 Å². The van der Waals surface area contributed by atoms with Gasteiger partial charge in [0.15, 0.2) is 28.8 Å². The van der Waals surface area contributed by atoms with Gasteiger partial charge in [-0.25, -0.2) is 14.2 Å². The molecule has 1 aliphatic rings. The van der Waals surface area contributed by atoms with E-state index in [4.69, 9.17) is 31.5 Å². The van der Waals surface area contributed by atoms with Gasteiger partial charge in [0.05, 0.1) is 11.9 Å². The molecule has 1 fully saturated rings. The van der Waals surface area contributed by atoms with Crippen LogP contribution < -0.4 is 5.73 Å². The third-order valence-electron chi connectivity index (χ3n) is 5.09. The van der Waals surface area contributed by atoms with Gasteiger partial charge in [-0.2, -0.15) is 9.97 Å². The predicted octanol–water partition coefficient (Wildman–Crippen LogP) is 2.48. The quantitative estimate of drug-likeness (QED) is 0.447. The second-order valence-corrected chi connectivity index (χ2v) is 7.73. The minimum Gasteiger partial charge on any atom is -0.463 e. The van der Waals surface area contributed by atoms with Crippen molar-refractivity contribution in [2.75, 3.05) is 12.3 Å². The van der Waals surface area contributed by atoms with Gasteiger partial charge in [0.2, 0.25) is 5.95 Å². The predicted molar refractivity (Wildman–Crippen MR) is 110 cm³/mol. The Morgan fingerprint density at radius 3 is 2.72 bits per heavy atom. The molecule has 168 valence electrons. The average molecular weight is 464 g/mol. The number of imidazole rings is 1. The number of alkyl halides is 1. The van der Waals surface area contributed by atoms with Crippen LogP contribution in [0.15, 0.2) is 36.7 Å². The number of nitrogens with two attached hydrogens (primary N) is 1. The molecule has 1 aromatic carbocycles. The van der Waals surface area contributed by atoms with Crippen molar-refractivity contribution < 1.29 is 28.2 Å². The van der Waals surface area contributed by atoms with E-state index in [1.807, 2.05) is 0 Å². The number of ether oxygens (including phenoxy) is 3. The highest BCUT2D eigenvalue weighted by Gasteiger charge is 2.59. The number of aromatic nitrogens is 4. The summed E-state index contributed by atoms with van der Waals surface area (Å²) in [5, 5.41) is 0.000455. The highest BCUT2D eigenvalue weighted by atomic mass is 35.5.